The van der Waals surface area contributed by atoms with Gasteiger partial charge in [-0.05, 0) is 17.7 Å². The minimum absolute atomic E-state index is 0.479. The standard InChI is InChI=1S/C10H9ClN2/c11-10-4-3-8(2-1-5-12)6-9(10)7-13/h1-4,6H,5,12H2. The fourth-order valence-electron chi connectivity index (χ4n) is 0.936. The van der Waals surface area contributed by atoms with E-state index in [9.17, 15) is 0 Å². The Morgan fingerprint density at radius 2 is 2.31 bits per heavy atom. The summed E-state index contributed by atoms with van der Waals surface area (Å²) in [5.74, 6) is 0. The lowest BCUT2D eigenvalue weighted by atomic mass is 10.1. The number of rotatable bonds is 2. The quantitative estimate of drug-likeness (QED) is 0.781. The minimum Gasteiger partial charge on any atom is -0.327 e. The van der Waals surface area contributed by atoms with E-state index in [1.807, 2.05) is 24.3 Å². The zero-order valence-corrected chi connectivity index (χ0v) is 7.75. The summed E-state index contributed by atoms with van der Waals surface area (Å²) in [5, 5.41) is 9.16. The molecular weight excluding hydrogens is 184 g/mol. The van der Waals surface area contributed by atoms with Crippen LogP contribution in [0.1, 0.15) is 11.1 Å². The molecule has 0 aliphatic rings. The number of benzene rings is 1. The number of hydrogen-bond donors (Lipinski definition) is 1. The maximum atomic E-state index is 8.69. The molecule has 66 valence electrons. The molecular formula is C10H9ClN2. The van der Waals surface area contributed by atoms with Gasteiger partial charge in [-0.1, -0.05) is 29.8 Å². The van der Waals surface area contributed by atoms with Gasteiger partial charge in [0, 0.05) is 6.54 Å². The number of hydrogen-bond acceptors (Lipinski definition) is 2. The van der Waals surface area contributed by atoms with E-state index in [2.05, 4.69) is 0 Å². The molecule has 3 heteroatoms. The summed E-state index contributed by atoms with van der Waals surface area (Å²) in [6.07, 6.45) is 3.68. The molecule has 1 aromatic carbocycles. The van der Waals surface area contributed by atoms with Crippen molar-refractivity contribution in [1.29, 1.82) is 5.26 Å². The topological polar surface area (TPSA) is 49.8 Å². The Morgan fingerprint density at radius 1 is 1.54 bits per heavy atom. The van der Waals surface area contributed by atoms with Crippen molar-refractivity contribution in [3.8, 4) is 6.07 Å². The van der Waals surface area contributed by atoms with E-state index in [-0.39, 0.29) is 0 Å². The maximum absolute atomic E-state index is 8.69. The molecule has 0 bridgehead atoms. The number of nitrogens with two attached hydrogens (primary N) is 1. The largest absolute Gasteiger partial charge is 0.327 e. The van der Waals surface area contributed by atoms with Crippen molar-refractivity contribution in [3.05, 3.63) is 40.4 Å². The summed E-state index contributed by atoms with van der Waals surface area (Å²) < 4.78 is 0. The Morgan fingerprint density at radius 3 is 2.92 bits per heavy atom. The molecule has 2 nitrogen and oxygen atoms in total. The molecule has 0 fully saturated rings. The Kier molecular flexibility index (Phi) is 3.51. The summed E-state index contributed by atoms with van der Waals surface area (Å²) in [6.45, 7) is 0.491. The van der Waals surface area contributed by atoms with Gasteiger partial charge in [-0.2, -0.15) is 5.26 Å². The molecule has 0 unspecified atom stereocenters. The Hall–Kier alpha value is -1.30. The monoisotopic (exact) mass is 192 g/mol. The molecule has 13 heavy (non-hydrogen) atoms. The molecule has 0 atom stereocenters. The first-order chi connectivity index (χ1) is 6.27. The van der Waals surface area contributed by atoms with Gasteiger partial charge in [0.05, 0.1) is 10.6 Å². The van der Waals surface area contributed by atoms with Crippen LogP contribution in [0.25, 0.3) is 6.08 Å². The number of halogens is 1. The van der Waals surface area contributed by atoms with Crippen LogP contribution in [0, 0.1) is 11.3 Å². The predicted molar refractivity (Wildman–Crippen MR) is 54.3 cm³/mol. The number of nitriles is 1. The first-order valence-corrected chi connectivity index (χ1v) is 4.22. The summed E-state index contributed by atoms with van der Waals surface area (Å²) in [5.41, 5.74) is 6.72. The van der Waals surface area contributed by atoms with Crippen LogP contribution in [0.5, 0.6) is 0 Å². The molecule has 0 heterocycles. The van der Waals surface area contributed by atoms with Crippen molar-refractivity contribution in [2.75, 3.05) is 6.54 Å². The summed E-state index contributed by atoms with van der Waals surface area (Å²) >= 11 is 5.76. The van der Waals surface area contributed by atoms with Crippen LogP contribution in [0.2, 0.25) is 5.02 Å². The van der Waals surface area contributed by atoms with Gasteiger partial charge in [0.25, 0.3) is 0 Å². The van der Waals surface area contributed by atoms with Crippen LogP contribution in [-0.4, -0.2) is 6.54 Å². The Labute approximate surface area is 82.2 Å². The van der Waals surface area contributed by atoms with E-state index in [0.717, 1.165) is 5.56 Å². The molecule has 0 saturated carbocycles. The average molecular weight is 193 g/mol. The van der Waals surface area contributed by atoms with Crippen molar-refractivity contribution in [2.45, 2.75) is 0 Å². The second kappa shape index (κ2) is 4.66. The van der Waals surface area contributed by atoms with Gasteiger partial charge < -0.3 is 5.73 Å². The lowest BCUT2D eigenvalue weighted by molar-refractivity contribution is 1.26. The van der Waals surface area contributed by atoms with Gasteiger partial charge in [-0.3, -0.25) is 0 Å². The van der Waals surface area contributed by atoms with Crippen LogP contribution in [0.3, 0.4) is 0 Å². The highest BCUT2D eigenvalue weighted by Gasteiger charge is 1.98. The zero-order valence-electron chi connectivity index (χ0n) is 7.00. The van der Waals surface area contributed by atoms with Gasteiger partial charge in [0.2, 0.25) is 0 Å². The van der Waals surface area contributed by atoms with Crippen LogP contribution in [0.15, 0.2) is 24.3 Å². The lowest BCUT2D eigenvalue weighted by Gasteiger charge is -1.96. The summed E-state index contributed by atoms with van der Waals surface area (Å²) in [4.78, 5) is 0. The molecule has 2 N–H and O–H groups in total. The Bertz CT molecular complexity index is 364. The molecule has 0 saturated heterocycles. The van der Waals surface area contributed by atoms with Gasteiger partial charge in [-0.25, -0.2) is 0 Å². The third kappa shape index (κ3) is 2.59. The van der Waals surface area contributed by atoms with Crippen LogP contribution < -0.4 is 5.73 Å². The highest BCUT2D eigenvalue weighted by atomic mass is 35.5. The van der Waals surface area contributed by atoms with Crippen LogP contribution in [-0.2, 0) is 0 Å². The summed E-state index contributed by atoms with van der Waals surface area (Å²) in [6, 6.07) is 7.29. The lowest BCUT2D eigenvalue weighted by Crippen LogP contribution is -1.92. The molecule has 0 amide bonds. The van der Waals surface area contributed by atoms with E-state index in [4.69, 9.17) is 22.6 Å². The van der Waals surface area contributed by atoms with E-state index in [1.165, 1.54) is 0 Å². The normalized spacial score (nSPS) is 10.2. The fraction of sp³-hybridized carbons (Fsp3) is 0.100. The summed E-state index contributed by atoms with van der Waals surface area (Å²) in [7, 11) is 0. The van der Waals surface area contributed by atoms with Gasteiger partial charge in [0.15, 0.2) is 0 Å². The highest BCUT2D eigenvalue weighted by molar-refractivity contribution is 6.31. The van der Waals surface area contributed by atoms with Crippen molar-refractivity contribution in [2.24, 2.45) is 5.73 Å². The first-order valence-electron chi connectivity index (χ1n) is 3.84. The molecule has 0 radical (unpaired) electrons. The SMILES string of the molecule is N#Cc1cc(C=CCN)ccc1Cl. The fourth-order valence-corrected chi connectivity index (χ4v) is 1.10. The predicted octanol–water partition coefficient (Wildman–Crippen LogP) is 2.18. The van der Waals surface area contributed by atoms with Crippen LogP contribution >= 0.6 is 11.6 Å². The van der Waals surface area contributed by atoms with Crippen molar-refractivity contribution < 1.29 is 0 Å². The highest BCUT2D eigenvalue weighted by Crippen LogP contribution is 2.17. The van der Waals surface area contributed by atoms with Gasteiger partial charge in [-0.15, -0.1) is 0 Å². The molecule has 0 aromatic heterocycles. The van der Waals surface area contributed by atoms with Gasteiger partial charge >= 0.3 is 0 Å². The zero-order chi connectivity index (χ0) is 9.68. The number of nitrogens with zero attached hydrogens (tertiary/aromatic N) is 1. The van der Waals surface area contributed by atoms with E-state index in [0.29, 0.717) is 17.1 Å². The van der Waals surface area contributed by atoms with Crippen LogP contribution in [0.4, 0.5) is 0 Å². The second-order valence-corrected chi connectivity index (χ2v) is 2.90. The van der Waals surface area contributed by atoms with Gasteiger partial charge in [0.1, 0.15) is 6.07 Å². The Balaban J connectivity index is 3.01. The molecule has 1 aromatic rings. The van der Waals surface area contributed by atoms with Crippen molar-refractivity contribution in [1.82, 2.24) is 0 Å². The molecule has 0 aliphatic heterocycles. The second-order valence-electron chi connectivity index (χ2n) is 2.49. The van der Waals surface area contributed by atoms with E-state index in [1.54, 1.807) is 12.1 Å². The maximum Gasteiger partial charge on any atom is 0.101 e. The molecule has 0 aliphatic carbocycles. The average Bonchev–Trinajstić information content (AvgIpc) is 2.16. The smallest absolute Gasteiger partial charge is 0.101 e. The van der Waals surface area contributed by atoms with E-state index < -0.39 is 0 Å². The van der Waals surface area contributed by atoms with Crippen molar-refractivity contribution >= 4 is 17.7 Å². The van der Waals surface area contributed by atoms with E-state index >= 15 is 0 Å². The first kappa shape index (κ1) is 9.79. The molecule has 0 spiro atoms. The molecule has 1 rings (SSSR count). The third-order valence-corrected chi connectivity index (χ3v) is 1.89. The minimum atomic E-state index is 0.479. The van der Waals surface area contributed by atoms with Crippen molar-refractivity contribution in [3.63, 3.8) is 0 Å². The third-order valence-electron chi connectivity index (χ3n) is 1.56.